The first-order valence-electron chi connectivity index (χ1n) is 6.37. The van der Waals surface area contributed by atoms with Gasteiger partial charge in [-0.1, -0.05) is 12.1 Å². The molecule has 0 fully saturated rings. The number of benzene rings is 1. The van der Waals surface area contributed by atoms with Crippen LogP contribution in [0.15, 0.2) is 42.6 Å². The maximum Gasteiger partial charge on any atom is 0.146 e. The van der Waals surface area contributed by atoms with Crippen molar-refractivity contribution in [2.24, 2.45) is 5.73 Å². The molecular formula is C15H18FN3. The lowest BCUT2D eigenvalue weighted by molar-refractivity contribution is 0.625. The summed E-state index contributed by atoms with van der Waals surface area (Å²) in [6, 6.07) is 10.4. The van der Waals surface area contributed by atoms with Gasteiger partial charge in [-0.3, -0.25) is 4.98 Å². The average molecular weight is 259 g/mol. The lowest BCUT2D eigenvalue weighted by atomic mass is 10.2. The van der Waals surface area contributed by atoms with Gasteiger partial charge in [-0.2, -0.15) is 0 Å². The summed E-state index contributed by atoms with van der Waals surface area (Å²) in [4.78, 5) is 6.20. The van der Waals surface area contributed by atoms with E-state index in [9.17, 15) is 4.39 Å². The highest BCUT2D eigenvalue weighted by atomic mass is 19.1. The number of anilines is 2. The summed E-state index contributed by atoms with van der Waals surface area (Å²) in [6.07, 6.45) is 1.73. The molecule has 1 atom stereocenters. The van der Waals surface area contributed by atoms with E-state index in [1.165, 1.54) is 6.07 Å². The summed E-state index contributed by atoms with van der Waals surface area (Å²) in [5, 5.41) is 0. The normalized spacial score (nSPS) is 12.2. The van der Waals surface area contributed by atoms with Gasteiger partial charge >= 0.3 is 0 Å². The average Bonchev–Trinajstić information content (AvgIpc) is 2.42. The third kappa shape index (κ3) is 2.90. The molecule has 1 aromatic carbocycles. The molecule has 2 rings (SSSR count). The van der Waals surface area contributed by atoms with Gasteiger partial charge in [0, 0.05) is 12.6 Å². The lowest BCUT2D eigenvalue weighted by Crippen LogP contribution is -2.18. The number of para-hydroxylation sites is 1. The zero-order chi connectivity index (χ0) is 13.8. The zero-order valence-electron chi connectivity index (χ0n) is 11.2. The van der Waals surface area contributed by atoms with Crippen molar-refractivity contribution < 1.29 is 4.39 Å². The molecule has 1 heterocycles. The van der Waals surface area contributed by atoms with Crippen molar-refractivity contribution >= 4 is 11.4 Å². The summed E-state index contributed by atoms with van der Waals surface area (Å²) < 4.78 is 13.8. The van der Waals surface area contributed by atoms with E-state index >= 15 is 0 Å². The van der Waals surface area contributed by atoms with Crippen LogP contribution in [0.25, 0.3) is 0 Å². The van der Waals surface area contributed by atoms with Gasteiger partial charge in [-0.25, -0.2) is 4.39 Å². The van der Waals surface area contributed by atoms with E-state index in [1.807, 2.05) is 36.9 Å². The van der Waals surface area contributed by atoms with Gasteiger partial charge in [-0.15, -0.1) is 0 Å². The lowest BCUT2D eigenvalue weighted by Gasteiger charge is -2.23. The number of nitrogens with zero attached hydrogens (tertiary/aromatic N) is 2. The fourth-order valence-electron chi connectivity index (χ4n) is 1.99. The Kier molecular flexibility index (Phi) is 4.12. The second kappa shape index (κ2) is 5.80. The van der Waals surface area contributed by atoms with Crippen molar-refractivity contribution in [2.75, 3.05) is 11.4 Å². The van der Waals surface area contributed by atoms with Gasteiger partial charge in [0.2, 0.25) is 0 Å². The largest absolute Gasteiger partial charge is 0.338 e. The maximum atomic E-state index is 13.8. The van der Waals surface area contributed by atoms with E-state index in [0.29, 0.717) is 12.2 Å². The monoisotopic (exact) mass is 259 g/mol. The Morgan fingerprint density at radius 2 is 2.00 bits per heavy atom. The fourth-order valence-corrected chi connectivity index (χ4v) is 1.99. The SMILES string of the molecule is CCN(c1ccc([C@H](C)N)nc1)c1ccccc1F. The minimum absolute atomic E-state index is 0.0995. The molecule has 0 spiro atoms. The Labute approximate surface area is 112 Å². The van der Waals surface area contributed by atoms with E-state index in [0.717, 1.165) is 11.4 Å². The third-order valence-electron chi connectivity index (χ3n) is 3.01. The van der Waals surface area contributed by atoms with Crippen LogP contribution in [0, 0.1) is 5.82 Å². The van der Waals surface area contributed by atoms with Gasteiger partial charge in [-0.05, 0) is 38.1 Å². The van der Waals surface area contributed by atoms with Crippen LogP contribution >= 0.6 is 0 Å². The quantitative estimate of drug-likeness (QED) is 0.915. The number of rotatable bonds is 4. The Morgan fingerprint density at radius 3 is 2.53 bits per heavy atom. The van der Waals surface area contributed by atoms with Crippen LogP contribution < -0.4 is 10.6 Å². The molecule has 2 aromatic rings. The molecule has 1 aromatic heterocycles. The Balaban J connectivity index is 2.35. The molecule has 0 aliphatic carbocycles. The van der Waals surface area contributed by atoms with Crippen molar-refractivity contribution in [1.82, 2.24) is 4.98 Å². The first kappa shape index (κ1) is 13.5. The third-order valence-corrected chi connectivity index (χ3v) is 3.01. The summed E-state index contributed by atoms with van der Waals surface area (Å²) >= 11 is 0. The van der Waals surface area contributed by atoms with E-state index in [-0.39, 0.29) is 11.9 Å². The van der Waals surface area contributed by atoms with Crippen molar-refractivity contribution in [3.05, 3.63) is 54.1 Å². The van der Waals surface area contributed by atoms with Crippen LogP contribution in [0.3, 0.4) is 0 Å². The van der Waals surface area contributed by atoms with Crippen LogP contribution in [0.2, 0.25) is 0 Å². The van der Waals surface area contributed by atoms with Crippen molar-refractivity contribution in [3.63, 3.8) is 0 Å². The van der Waals surface area contributed by atoms with Gasteiger partial charge in [0.15, 0.2) is 0 Å². The number of halogens is 1. The number of hydrogen-bond acceptors (Lipinski definition) is 3. The molecule has 0 unspecified atom stereocenters. The molecule has 0 saturated carbocycles. The number of aromatic nitrogens is 1. The van der Waals surface area contributed by atoms with E-state index in [1.54, 1.807) is 18.3 Å². The topological polar surface area (TPSA) is 42.1 Å². The molecule has 0 aliphatic heterocycles. The van der Waals surface area contributed by atoms with Crippen LogP contribution in [0.1, 0.15) is 25.6 Å². The Bertz CT molecular complexity index is 537. The molecule has 0 saturated heterocycles. The molecule has 100 valence electrons. The summed E-state index contributed by atoms with van der Waals surface area (Å²) in [5.41, 5.74) is 8.01. The second-order valence-electron chi connectivity index (χ2n) is 4.43. The first-order chi connectivity index (χ1) is 9.13. The zero-order valence-corrected chi connectivity index (χ0v) is 11.2. The molecular weight excluding hydrogens is 241 g/mol. The second-order valence-corrected chi connectivity index (χ2v) is 4.43. The van der Waals surface area contributed by atoms with E-state index < -0.39 is 0 Å². The molecule has 3 nitrogen and oxygen atoms in total. The molecule has 0 amide bonds. The number of hydrogen-bond donors (Lipinski definition) is 1. The van der Waals surface area contributed by atoms with Gasteiger partial charge in [0.05, 0.1) is 23.3 Å². The highest BCUT2D eigenvalue weighted by Crippen LogP contribution is 2.27. The predicted molar refractivity (Wildman–Crippen MR) is 75.9 cm³/mol. The molecule has 0 bridgehead atoms. The van der Waals surface area contributed by atoms with Crippen molar-refractivity contribution in [1.29, 1.82) is 0 Å². The van der Waals surface area contributed by atoms with E-state index in [4.69, 9.17) is 5.73 Å². The summed E-state index contributed by atoms with van der Waals surface area (Å²) in [6.45, 7) is 4.53. The van der Waals surface area contributed by atoms with Crippen molar-refractivity contribution in [3.8, 4) is 0 Å². The number of pyridine rings is 1. The Morgan fingerprint density at radius 1 is 1.26 bits per heavy atom. The molecule has 4 heteroatoms. The van der Waals surface area contributed by atoms with Gasteiger partial charge < -0.3 is 10.6 Å². The minimum Gasteiger partial charge on any atom is -0.338 e. The number of nitrogens with two attached hydrogens (primary N) is 1. The Hall–Kier alpha value is -1.94. The van der Waals surface area contributed by atoms with Crippen LogP contribution in [0.5, 0.6) is 0 Å². The van der Waals surface area contributed by atoms with E-state index in [2.05, 4.69) is 4.98 Å². The highest BCUT2D eigenvalue weighted by molar-refractivity contribution is 5.62. The maximum absolute atomic E-state index is 13.8. The van der Waals surface area contributed by atoms with Crippen LogP contribution in [0.4, 0.5) is 15.8 Å². The molecule has 0 aliphatic rings. The summed E-state index contributed by atoms with van der Waals surface area (Å²) in [7, 11) is 0. The smallest absolute Gasteiger partial charge is 0.146 e. The molecule has 2 N–H and O–H groups in total. The highest BCUT2D eigenvalue weighted by Gasteiger charge is 2.12. The van der Waals surface area contributed by atoms with Crippen LogP contribution in [-0.2, 0) is 0 Å². The standard InChI is InChI=1S/C15H18FN3/c1-3-19(15-7-5-4-6-13(15)16)12-8-9-14(11(2)17)18-10-12/h4-11H,3,17H2,1-2H3/t11-/m0/s1. The predicted octanol–water partition coefficient (Wildman–Crippen LogP) is 3.40. The van der Waals surface area contributed by atoms with Crippen LogP contribution in [-0.4, -0.2) is 11.5 Å². The summed E-state index contributed by atoms with van der Waals surface area (Å²) in [5.74, 6) is -0.236. The minimum atomic E-state index is -0.236. The van der Waals surface area contributed by atoms with Crippen molar-refractivity contribution in [2.45, 2.75) is 19.9 Å². The molecule has 19 heavy (non-hydrogen) atoms. The fraction of sp³-hybridized carbons (Fsp3) is 0.267. The van der Waals surface area contributed by atoms with Gasteiger partial charge in [0.25, 0.3) is 0 Å². The van der Waals surface area contributed by atoms with Gasteiger partial charge in [0.1, 0.15) is 5.82 Å². The first-order valence-corrected chi connectivity index (χ1v) is 6.37. The molecule has 0 radical (unpaired) electrons.